The molecule has 2 N–H and O–H groups in total. The summed E-state index contributed by atoms with van der Waals surface area (Å²) in [6.45, 7) is 9.46. The Balaban J connectivity index is 1.21. The van der Waals surface area contributed by atoms with Crippen LogP contribution in [0.4, 0.5) is 4.79 Å². The molecule has 1 aromatic carbocycles. The van der Waals surface area contributed by atoms with Crippen LogP contribution in [0.15, 0.2) is 30.3 Å². The lowest BCUT2D eigenvalue weighted by molar-refractivity contribution is -0.139. The molecule has 8 nitrogen and oxygen atoms in total. The normalized spacial score (nSPS) is 26.6. The molecule has 1 aliphatic carbocycles. The zero-order valence-corrected chi connectivity index (χ0v) is 19.7. The summed E-state index contributed by atoms with van der Waals surface area (Å²) >= 11 is 0. The number of likely N-dealkylation sites (N-methyl/N-ethyl adjacent to an activating group) is 1. The molecule has 2 saturated heterocycles. The topological polar surface area (TPSA) is 85.0 Å². The maximum atomic E-state index is 13.0. The van der Waals surface area contributed by atoms with E-state index in [9.17, 15) is 14.4 Å². The molecule has 3 fully saturated rings. The van der Waals surface area contributed by atoms with Crippen LogP contribution in [0, 0.1) is 11.8 Å². The number of carbonyl (C=O) groups is 3. The number of carbonyl (C=O) groups excluding carboxylic acids is 3. The van der Waals surface area contributed by atoms with Gasteiger partial charge in [-0.1, -0.05) is 37.3 Å². The number of benzene rings is 1. The smallest absolute Gasteiger partial charge is 0.324 e. The van der Waals surface area contributed by atoms with Crippen LogP contribution in [0.25, 0.3) is 0 Å². The Kier molecular flexibility index (Phi) is 7.98. The van der Waals surface area contributed by atoms with Gasteiger partial charge in [-0.05, 0) is 37.8 Å². The first kappa shape index (κ1) is 23.7. The van der Waals surface area contributed by atoms with Gasteiger partial charge in [-0.25, -0.2) is 4.79 Å². The fourth-order valence-electron chi connectivity index (χ4n) is 5.31. The molecule has 0 spiro atoms. The number of hydrogen-bond donors (Lipinski definition) is 2. The van der Waals surface area contributed by atoms with Crippen molar-refractivity contribution in [1.82, 2.24) is 25.3 Å². The standard InChI is InChI=1S/C25H37N5O3/c1-2-28-14-16-29(17-15-28)13-11-26-23(31)20-8-9-21-22(18-20)27-25(33)30(24(21)32)12-10-19-6-4-3-5-7-19/h3-7,20-22H,2,8-18H2,1H3,(H,26,31)(H,27,33). The van der Waals surface area contributed by atoms with E-state index in [-0.39, 0.29) is 35.7 Å². The van der Waals surface area contributed by atoms with Crippen LogP contribution in [0.2, 0.25) is 0 Å². The number of rotatable bonds is 8. The summed E-state index contributed by atoms with van der Waals surface area (Å²) in [5, 5.41) is 6.10. The average molecular weight is 456 g/mol. The van der Waals surface area contributed by atoms with E-state index in [4.69, 9.17) is 0 Å². The van der Waals surface area contributed by atoms with E-state index in [0.29, 0.717) is 38.8 Å². The van der Waals surface area contributed by atoms with Crippen molar-refractivity contribution in [2.45, 2.75) is 38.6 Å². The monoisotopic (exact) mass is 455 g/mol. The molecule has 8 heteroatoms. The summed E-state index contributed by atoms with van der Waals surface area (Å²) in [6, 6.07) is 9.31. The van der Waals surface area contributed by atoms with E-state index in [2.05, 4.69) is 27.4 Å². The third kappa shape index (κ3) is 5.92. The summed E-state index contributed by atoms with van der Waals surface area (Å²) in [7, 11) is 0. The number of urea groups is 1. The molecule has 180 valence electrons. The van der Waals surface area contributed by atoms with E-state index in [0.717, 1.165) is 44.8 Å². The van der Waals surface area contributed by atoms with Gasteiger partial charge in [0.1, 0.15) is 0 Å². The summed E-state index contributed by atoms with van der Waals surface area (Å²) in [4.78, 5) is 44.6. The van der Waals surface area contributed by atoms with Crippen molar-refractivity contribution in [1.29, 1.82) is 0 Å². The molecule has 3 atom stereocenters. The highest BCUT2D eigenvalue weighted by Gasteiger charge is 2.45. The molecule has 3 unspecified atom stereocenters. The highest BCUT2D eigenvalue weighted by atomic mass is 16.2. The Morgan fingerprint density at radius 3 is 2.48 bits per heavy atom. The second kappa shape index (κ2) is 11.1. The number of hydrogen-bond acceptors (Lipinski definition) is 5. The van der Waals surface area contributed by atoms with Crippen LogP contribution >= 0.6 is 0 Å². The molecule has 3 aliphatic rings. The lowest BCUT2D eigenvalue weighted by Gasteiger charge is -2.42. The summed E-state index contributed by atoms with van der Waals surface area (Å²) < 4.78 is 0. The molecule has 2 heterocycles. The lowest BCUT2D eigenvalue weighted by atomic mass is 9.76. The van der Waals surface area contributed by atoms with Gasteiger partial charge in [0.05, 0.1) is 5.92 Å². The molecule has 0 bridgehead atoms. The minimum absolute atomic E-state index is 0.0499. The minimum atomic E-state index is -0.329. The first-order chi connectivity index (χ1) is 16.0. The van der Waals surface area contributed by atoms with Crippen LogP contribution in [-0.2, 0) is 16.0 Å². The summed E-state index contributed by atoms with van der Waals surface area (Å²) in [5.41, 5.74) is 1.10. The molecule has 33 heavy (non-hydrogen) atoms. The predicted molar refractivity (Wildman–Crippen MR) is 127 cm³/mol. The third-order valence-electron chi connectivity index (χ3n) is 7.46. The fraction of sp³-hybridized carbons (Fsp3) is 0.640. The second-order valence-electron chi connectivity index (χ2n) is 9.46. The van der Waals surface area contributed by atoms with Crippen molar-refractivity contribution in [3.05, 3.63) is 35.9 Å². The van der Waals surface area contributed by atoms with Crippen molar-refractivity contribution < 1.29 is 14.4 Å². The lowest BCUT2D eigenvalue weighted by Crippen LogP contribution is -2.62. The highest BCUT2D eigenvalue weighted by molar-refractivity contribution is 5.99. The zero-order chi connectivity index (χ0) is 23.2. The molecule has 0 aromatic heterocycles. The Bertz CT molecular complexity index is 825. The van der Waals surface area contributed by atoms with Gasteiger partial charge in [0.2, 0.25) is 11.8 Å². The fourth-order valence-corrected chi connectivity index (χ4v) is 5.31. The molecule has 1 saturated carbocycles. The van der Waals surface area contributed by atoms with E-state index in [1.165, 1.54) is 4.90 Å². The predicted octanol–water partition coefficient (Wildman–Crippen LogP) is 1.32. The third-order valence-corrected chi connectivity index (χ3v) is 7.46. The van der Waals surface area contributed by atoms with Gasteiger partial charge in [0, 0.05) is 57.8 Å². The zero-order valence-electron chi connectivity index (χ0n) is 19.7. The number of nitrogens with zero attached hydrogens (tertiary/aromatic N) is 3. The largest absolute Gasteiger partial charge is 0.355 e. The molecular weight excluding hydrogens is 418 g/mol. The van der Waals surface area contributed by atoms with Gasteiger partial charge < -0.3 is 15.5 Å². The van der Waals surface area contributed by atoms with Crippen molar-refractivity contribution in [2.75, 3.05) is 52.4 Å². The molecular formula is C25H37N5O3. The van der Waals surface area contributed by atoms with Gasteiger partial charge >= 0.3 is 6.03 Å². The van der Waals surface area contributed by atoms with E-state index < -0.39 is 0 Å². The quantitative estimate of drug-likeness (QED) is 0.618. The Labute approximate surface area is 196 Å². The number of nitrogens with one attached hydrogen (secondary N) is 2. The van der Waals surface area contributed by atoms with Gasteiger partial charge in [-0.3, -0.25) is 19.4 Å². The Morgan fingerprint density at radius 2 is 1.76 bits per heavy atom. The van der Waals surface area contributed by atoms with Gasteiger partial charge in [-0.15, -0.1) is 0 Å². The molecule has 4 rings (SSSR count). The Hall–Kier alpha value is -2.45. The van der Waals surface area contributed by atoms with Crippen LogP contribution in [0.1, 0.15) is 31.7 Å². The van der Waals surface area contributed by atoms with Crippen molar-refractivity contribution >= 4 is 17.8 Å². The number of amides is 4. The maximum absolute atomic E-state index is 13.0. The van der Waals surface area contributed by atoms with Crippen LogP contribution in [-0.4, -0.2) is 90.9 Å². The molecule has 1 aromatic rings. The van der Waals surface area contributed by atoms with Gasteiger partial charge in [0.25, 0.3) is 0 Å². The first-order valence-corrected chi connectivity index (χ1v) is 12.4. The second-order valence-corrected chi connectivity index (χ2v) is 9.46. The van der Waals surface area contributed by atoms with Crippen LogP contribution in [0.5, 0.6) is 0 Å². The first-order valence-electron chi connectivity index (χ1n) is 12.4. The Morgan fingerprint density at radius 1 is 1.03 bits per heavy atom. The van der Waals surface area contributed by atoms with Crippen molar-refractivity contribution in [3.8, 4) is 0 Å². The van der Waals surface area contributed by atoms with Crippen LogP contribution in [0.3, 0.4) is 0 Å². The average Bonchev–Trinajstić information content (AvgIpc) is 2.84. The number of imide groups is 1. The SMILES string of the molecule is CCN1CCN(CCNC(=O)C2CCC3C(=O)N(CCc4ccccc4)C(=O)NC3C2)CC1. The molecule has 2 aliphatic heterocycles. The number of piperazine rings is 1. The van der Waals surface area contributed by atoms with E-state index >= 15 is 0 Å². The van der Waals surface area contributed by atoms with Crippen molar-refractivity contribution in [2.24, 2.45) is 11.8 Å². The van der Waals surface area contributed by atoms with Gasteiger partial charge in [0.15, 0.2) is 0 Å². The molecule has 4 amide bonds. The van der Waals surface area contributed by atoms with E-state index in [1.807, 2.05) is 30.3 Å². The van der Waals surface area contributed by atoms with Gasteiger partial charge in [-0.2, -0.15) is 0 Å². The summed E-state index contributed by atoms with van der Waals surface area (Å²) in [6.07, 6.45) is 2.52. The summed E-state index contributed by atoms with van der Waals surface area (Å²) in [5.74, 6) is -0.414. The minimum Gasteiger partial charge on any atom is -0.355 e. The van der Waals surface area contributed by atoms with Crippen molar-refractivity contribution in [3.63, 3.8) is 0 Å². The number of fused-ring (bicyclic) bond motifs is 1. The molecule has 0 radical (unpaired) electrons. The van der Waals surface area contributed by atoms with E-state index in [1.54, 1.807) is 0 Å². The maximum Gasteiger partial charge on any atom is 0.324 e. The highest BCUT2D eigenvalue weighted by Crippen LogP contribution is 2.33. The van der Waals surface area contributed by atoms with Crippen LogP contribution < -0.4 is 10.6 Å².